The van der Waals surface area contributed by atoms with Gasteiger partial charge in [0.2, 0.25) is 0 Å². The maximum Gasteiger partial charge on any atom is 0.124 e. The standard InChI is InChI=1S/C13H18N2O/c1-9-4-6-11(7-5-9)12-8-14-13(10(12)2)15-16-3/h4-7,10,12H,8H2,1-3H3,(H,14,15)/t10-,12+/m1/s1. The van der Waals surface area contributed by atoms with Gasteiger partial charge in [0, 0.05) is 18.4 Å². The van der Waals surface area contributed by atoms with Gasteiger partial charge in [-0.25, -0.2) is 0 Å². The molecule has 1 aliphatic heterocycles. The number of aliphatic imine (C=N–C) groups is 1. The Bertz CT molecular complexity index is 383. The van der Waals surface area contributed by atoms with Crippen molar-refractivity contribution in [2.75, 3.05) is 13.7 Å². The van der Waals surface area contributed by atoms with Gasteiger partial charge in [0.15, 0.2) is 0 Å². The predicted octanol–water partition coefficient (Wildman–Crippen LogP) is 2.28. The summed E-state index contributed by atoms with van der Waals surface area (Å²) in [5, 5.41) is 0. The second-order valence-corrected chi connectivity index (χ2v) is 4.34. The Labute approximate surface area is 96.5 Å². The minimum absolute atomic E-state index is 0.391. The Hall–Kier alpha value is -1.35. The molecule has 0 saturated heterocycles. The molecule has 0 amide bonds. The van der Waals surface area contributed by atoms with Crippen LogP contribution in [0.3, 0.4) is 0 Å². The van der Waals surface area contributed by atoms with Crippen LogP contribution in [0.25, 0.3) is 0 Å². The lowest BCUT2D eigenvalue weighted by Gasteiger charge is -2.17. The number of hydroxylamine groups is 1. The monoisotopic (exact) mass is 218 g/mol. The van der Waals surface area contributed by atoms with Gasteiger partial charge in [0.05, 0.1) is 7.11 Å². The summed E-state index contributed by atoms with van der Waals surface area (Å²) in [5.74, 6) is 1.81. The number of amidine groups is 1. The molecule has 0 fully saturated rings. The van der Waals surface area contributed by atoms with E-state index in [-0.39, 0.29) is 0 Å². The highest BCUT2D eigenvalue weighted by Crippen LogP contribution is 2.30. The number of hydrogen-bond acceptors (Lipinski definition) is 3. The molecule has 86 valence electrons. The highest BCUT2D eigenvalue weighted by molar-refractivity contribution is 5.86. The van der Waals surface area contributed by atoms with E-state index in [0.29, 0.717) is 11.8 Å². The third-order valence-corrected chi connectivity index (χ3v) is 3.21. The number of benzene rings is 1. The number of nitrogens with one attached hydrogen (secondary N) is 1. The van der Waals surface area contributed by atoms with Crippen molar-refractivity contribution in [1.82, 2.24) is 5.48 Å². The van der Waals surface area contributed by atoms with E-state index in [9.17, 15) is 0 Å². The zero-order valence-electron chi connectivity index (χ0n) is 10.0. The summed E-state index contributed by atoms with van der Waals surface area (Å²) in [6, 6.07) is 8.71. The first-order chi connectivity index (χ1) is 7.72. The van der Waals surface area contributed by atoms with Gasteiger partial charge in [-0.2, -0.15) is 0 Å². The van der Waals surface area contributed by atoms with Crippen molar-refractivity contribution >= 4 is 5.84 Å². The van der Waals surface area contributed by atoms with Crippen LogP contribution in [-0.2, 0) is 4.84 Å². The van der Waals surface area contributed by atoms with Crippen LogP contribution < -0.4 is 5.48 Å². The summed E-state index contributed by atoms with van der Waals surface area (Å²) in [6.45, 7) is 5.13. The van der Waals surface area contributed by atoms with Crippen molar-refractivity contribution in [2.45, 2.75) is 19.8 Å². The predicted molar refractivity (Wildman–Crippen MR) is 65.5 cm³/mol. The fourth-order valence-corrected chi connectivity index (χ4v) is 2.13. The topological polar surface area (TPSA) is 33.6 Å². The van der Waals surface area contributed by atoms with Crippen LogP contribution in [-0.4, -0.2) is 19.5 Å². The second-order valence-electron chi connectivity index (χ2n) is 4.34. The molecule has 0 unspecified atom stereocenters. The van der Waals surface area contributed by atoms with Gasteiger partial charge in [-0.3, -0.25) is 15.3 Å². The molecule has 3 heteroatoms. The lowest BCUT2D eigenvalue weighted by Crippen LogP contribution is -2.27. The SMILES string of the molecule is CONC1=NC[C@H](c2ccc(C)cc2)[C@H]1C. The molecule has 16 heavy (non-hydrogen) atoms. The van der Waals surface area contributed by atoms with Crippen molar-refractivity contribution in [3.63, 3.8) is 0 Å². The number of rotatable bonds is 2. The highest BCUT2D eigenvalue weighted by atomic mass is 16.6. The molecule has 3 nitrogen and oxygen atoms in total. The van der Waals surface area contributed by atoms with Crippen LogP contribution in [0.5, 0.6) is 0 Å². The molecular weight excluding hydrogens is 200 g/mol. The lowest BCUT2D eigenvalue weighted by molar-refractivity contribution is 0.140. The summed E-state index contributed by atoms with van der Waals surface area (Å²) in [5.41, 5.74) is 5.51. The molecule has 1 aliphatic rings. The third-order valence-electron chi connectivity index (χ3n) is 3.21. The van der Waals surface area contributed by atoms with Crippen molar-refractivity contribution in [2.24, 2.45) is 10.9 Å². The minimum Gasteiger partial charge on any atom is -0.278 e. The van der Waals surface area contributed by atoms with Gasteiger partial charge in [-0.15, -0.1) is 0 Å². The lowest BCUT2D eigenvalue weighted by atomic mass is 9.88. The molecule has 0 aromatic heterocycles. The van der Waals surface area contributed by atoms with Gasteiger partial charge in [0.1, 0.15) is 5.84 Å². The van der Waals surface area contributed by atoms with Gasteiger partial charge in [0.25, 0.3) is 0 Å². The molecular formula is C13H18N2O. The van der Waals surface area contributed by atoms with Crippen molar-refractivity contribution in [3.05, 3.63) is 35.4 Å². The Kier molecular flexibility index (Phi) is 3.25. The molecule has 0 radical (unpaired) electrons. The average molecular weight is 218 g/mol. The normalized spacial score (nSPS) is 24.3. The molecule has 0 bridgehead atoms. The Morgan fingerprint density at radius 1 is 1.31 bits per heavy atom. The van der Waals surface area contributed by atoms with Crippen molar-refractivity contribution in [3.8, 4) is 0 Å². The maximum absolute atomic E-state index is 4.92. The molecule has 0 aliphatic carbocycles. The quantitative estimate of drug-likeness (QED) is 0.773. The van der Waals surface area contributed by atoms with Crippen LogP contribution in [0.4, 0.5) is 0 Å². The maximum atomic E-state index is 4.92. The Morgan fingerprint density at radius 2 is 2.00 bits per heavy atom. The number of hydrogen-bond donors (Lipinski definition) is 1. The molecule has 1 N–H and O–H groups in total. The van der Waals surface area contributed by atoms with Crippen LogP contribution >= 0.6 is 0 Å². The molecule has 1 aromatic carbocycles. The van der Waals surface area contributed by atoms with Crippen LogP contribution in [0.1, 0.15) is 24.0 Å². The third kappa shape index (κ3) is 2.09. The van der Waals surface area contributed by atoms with Gasteiger partial charge >= 0.3 is 0 Å². The minimum atomic E-state index is 0.391. The van der Waals surface area contributed by atoms with Crippen molar-refractivity contribution < 1.29 is 4.84 Å². The summed E-state index contributed by atoms with van der Waals surface area (Å²) < 4.78 is 0. The van der Waals surface area contributed by atoms with Gasteiger partial charge in [-0.1, -0.05) is 36.8 Å². The number of nitrogens with zero attached hydrogens (tertiary/aromatic N) is 1. The first kappa shape index (κ1) is 11.1. The molecule has 2 rings (SSSR count). The fourth-order valence-electron chi connectivity index (χ4n) is 2.13. The van der Waals surface area contributed by atoms with Crippen molar-refractivity contribution in [1.29, 1.82) is 0 Å². The van der Waals surface area contributed by atoms with Crippen LogP contribution in [0.15, 0.2) is 29.3 Å². The van der Waals surface area contributed by atoms with Gasteiger partial charge in [-0.05, 0) is 12.5 Å². The van der Waals surface area contributed by atoms with E-state index in [1.807, 2.05) is 0 Å². The van der Waals surface area contributed by atoms with E-state index >= 15 is 0 Å². The summed E-state index contributed by atoms with van der Waals surface area (Å²) >= 11 is 0. The smallest absolute Gasteiger partial charge is 0.124 e. The highest BCUT2D eigenvalue weighted by Gasteiger charge is 2.28. The van der Waals surface area contributed by atoms with Crippen LogP contribution in [0.2, 0.25) is 0 Å². The zero-order valence-corrected chi connectivity index (χ0v) is 10.0. The molecule has 0 saturated carbocycles. The van der Waals surface area contributed by atoms with E-state index in [1.165, 1.54) is 11.1 Å². The molecule has 2 atom stereocenters. The van der Waals surface area contributed by atoms with E-state index < -0.39 is 0 Å². The summed E-state index contributed by atoms with van der Waals surface area (Å²) in [6.07, 6.45) is 0. The van der Waals surface area contributed by atoms with E-state index in [4.69, 9.17) is 4.84 Å². The van der Waals surface area contributed by atoms with Gasteiger partial charge < -0.3 is 0 Å². The van der Waals surface area contributed by atoms with E-state index in [2.05, 4.69) is 48.6 Å². The van der Waals surface area contributed by atoms with Crippen LogP contribution in [0, 0.1) is 12.8 Å². The summed E-state index contributed by atoms with van der Waals surface area (Å²) in [7, 11) is 1.62. The first-order valence-electron chi connectivity index (χ1n) is 5.62. The molecule has 1 aromatic rings. The Morgan fingerprint density at radius 3 is 2.62 bits per heavy atom. The second kappa shape index (κ2) is 4.66. The number of aryl methyl sites for hydroxylation is 1. The van der Waals surface area contributed by atoms with E-state index in [0.717, 1.165) is 12.4 Å². The average Bonchev–Trinajstić information content (AvgIpc) is 2.63. The fraction of sp³-hybridized carbons (Fsp3) is 0.462. The molecule has 1 heterocycles. The zero-order chi connectivity index (χ0) is 11.5. The van der Waals surface area contributed by atoms with E-state index in [1.54, 1.807) is 7.11 Å². The first-order valence-corrected chi connectivity index (χ1v) is 5.62. The largest absolute Gasteiger partial charge is 0.278 e. The Balaban J connectivity index is 2.11. The summed E-state index contributed by atoms with van der Waals surface area (Å²) in [4.78, 5) is 9.39. The molecule has 0 spiro atoms.